The summed E-state index contributed by atoms with van der Waals surface area (Å²) < 4.78 is 10.3. The van der Waals surface area contributed by atoms with Crippen LogP contribution in [0, 0.1) is 6.92 Å². The van der Waals surface area contributed by atoms with Crippen molar-refractivity contribution in [2.45, 2.75) is 19.4 Å². The summed E-state index contributed by atoms with van der Waals surface area (Å²) in [6.45, 7) is 2.51. The number of aliphatic hydroxyl groups is 1. The van der Waals surface area contributed by atoms with E-state index in [1.807, 2.05) is 12.1 Å². The fraction of sp³-hybridized carbons (Fsp3) is 0.333. The molecule has 1 amide bonds. The average Bonchev–Trinajstić information content (AvgIpc) is 3.12. The van der Waals surface area contributed by atoms with Crippen LogP contribution in [-0.4, -0.2) is 29.3 Å². The molecule has 0 bridgehead atoms. The number of aryl methyl sites for hydroxylation is 1. The van der Waals surface area contributed by atoms with Crippen molar-refractivity contribution < 1.29 is 19.2 Å². The van der Waals surface area contributed by atoms with Gasteiger partial charge in [-0.2, -0.15) is 0 Å². The number of carbonyl (C=O) groups is 1. The molecule has 1 atom stereocenters. The molecule has 3 rings (SSSR count). The predicted octanol–water partition coefficient (Wildman–Crippen LogP) is 1.38. The van der Waals surface area contributed by atoms with Gasteiger partial charge < -0.3 is 19.7 Å². The van der Waals surface area contributed by atoms with E-state index >= 15 is 0 Å². The maximum Gasteiger partial charge on any atom is 0.273 e. The van der Waals surface area contributed by atoms with Crippen LogP contribution in [0.5, 0.6) is 5.75 Å². The van der Waals surface area contributed by atoms with Gasteiger partial charge in [-0.15, -0.1) is 0 Å². The molecule has 0 fully saturated rings. The van der Waals surface area contributed by atoms with E-state index < -0.39 is 6.10 Å². The number of aliphatic hydroxyl groups excluding tert-OH is 1. The molecule has 110 valence electrons. The van der Waals surface area contributed by atoms with E-state index in [2.05, 4.69) is 10.5 Å². The lowest BCUT2D eigenvalue weighted by atomic mass is 10.0. The molecule has 1 aliphatic heterocycles. The Morgan fingerprint density at radius 2 is 2.33 bits per heavy atom. The van der Waals surface area contributed by atoms with Crippen molar-refractivity contribution in [3.05, 3.63) is 46.8 Å². The molecule has 0 aliphatic carbocycles. The molecule has 1 aromatic heterocycles. The Hall–Kier alpha value is -2.34. The van der Waals surface area contributed by atoms with Crippen molar-refractivity contribution in [1.82, 2.24) is 10.5 Å². The fourth-order valence-corrected chi connectivity index (χ4v) is 2.28. The number of hydrogen-bond acceptors (Lipinski definition) is 5. The van der Waals surface area contributed by atoms with E-state index in [0.29, 0.717) is 12.4 Å². The lowest BCUT2D eigenvalue weighted by molar-refractivity contribution is 0.0907. The minimum atomic E-state index is -0.771. The van der Waals surface area contributed by atoms with Crippen LogP contribution in [0.25, 0.3) is 0 Å². The molecule has 1 aromatic carbocycles. The van der Waals surface area contributed by atoms with Gasteiger partial charge in [0.1, 0.15) is 11.5 Å². The molecule has 6 heteroatoms. The molecule has 0 saturated heterocycles. The molecular weight excluding hydrogens is 272 g/mol. The summed E-state index contributed by atoms with van der Waals surface area (Å²) in [6, 6.07) is 7.12. The molecule has 1 aliphatic rings. The number of hydrogen-bond donors (Lipinski definition) is 2. The summed E-state index contributed by atoms with van der Waals surface area (Å²) >= 11 is 0. The van der Waals surface area contributed by atoms with Gasteiger partial charge in [-0.25, -0.2) is 0 Å². The van der Waals surface area contributed by atoms with Crippen molar-refractivity contribution in [1.29, 1.82) is 0 Å². The highest BCUT2D eigenvalue weighted by Crippen LogP contribution is 2.28. The summed E-state index contributed by atoms with van der Waals surface area (Å²) in [7, 11) is 0. The van der Waals surface area contributed by atoms with Crippen LogP contribution in [-0.2, 0) is 6.42 Å². The monoisotopic (exact) mass is 288 g/mol. The van der Waals surface area contributed by atoms with E-state index in [-0.39, 0.29) is 18.1 Å². The van der Waals surface area contributed by atoms with Crippen molar-refractivity contribution in [3.63, 3.8) is 0 Å². The first-order valence-corrected chi connectivity index (χ1v) is 6.78. The zero-order chi connectivity index (χ0) is 14.8. The van der Waals surface area contributed by atoms with Gasteiger partial charge in [0.15, 0.2) is 5.69 Å². The lowest BCUT2D eigenvalue weighted by Gasteiger charge is -2.12. The van der Waals surface area contributed by atoms with Gasteiger partial charge >= 0.3 is 0 Å². The second-order valence-electron chi connectivity index (χ2n) is 5.01. The standard InChI is InChI=1S/C15H16N2O4/c1-9-6-12(17-21-9)15(19)16-8-13(18)10-2-3-14-11(7-10)4-5-20-14/h2-3,6-7,13,18H,4-5,8H2,1H3,(H,16,19)/t13-/m1/s1. The minimum absolute atomic E-state index is 0.115. The number of fused-ring (bicyclic) bond motifs is 1. The van der Waals surface area contributed by atoms with Crippen molar-refractivity contribution in [3.8, 4) is 5.75 Å². The Kier molecular flexibility index (Phi) is 3.62. The van der Waals surface area contributed by atoms with Crippen LogP contribution in [0.3, 0.4) is 0 Å². The summed E-state index contributed by atoms with van der Waals surface area (Å²) in [4.78, 5) is 11.8. The third-order valence-corrected chi connectivity index (χ3v) is 3.41. The second-order valence-corrected chi connectivity index (χ2v) is 5.01. The smallest absolute Gasteiger partial charge is 0.273 e. The molecule has 2 heterocycles. The first-order valence-electron chi connectivity index (χ1n) is 6.78. The maximum absolute atomic E-state index is 11.8. The number of carbonyl (C=O) groups excluding carboxylic acids is 1. The maximum atomic E-state index is 11.8. The number of nitrogens with one attached hydrogen (secondary N) is 1. The lowest BCUT2D eigenvalue weighted by Crippen LogP contribution is -2.28. The van der Waals surface area contributed by atoms with Crippen molar-refractivity contribution >= 4 is 5.91 Å². The number of benzene rings is 1. The highest BCUT2D eigenvalue weighted by molar-refractivity contribution is 5.92. The van der Waals surface area contributed by atoms with E-state index in [9.17, 15) is 9.90 Å². The predicted molar refractivity (Wildman–Crippen MR) is 74.2 cm³/mol. The second kappa shape index (κ2) is 5.57. The van der Waals surface area contributed by atoms with E-state index in [0.717, 1.165) is 23.3 Å². The first kappa shape index (κ1) is 13.6. The number of aromatic nitrogens is 1. The molecule has 6 nitrogen and oxygen atoms in total. The van der Waals surface area contributed by atoms with Gasteiger partial charge in [0.25, 0.3) is 5.91 Å². The Morgan fingerprint density at radius 3 is 3.10 bits per heavy atom. The summed E-state index contributed by atoms with van der Waals surface area (Å²) in [5, 5.41) is 16.4. The van der Waals surface area contributed by atoms with Gasteiger partial charge in [0, 0.05) is 19.0 Å². The Bertz CT molecular complexity index is 665. The molecule has 2 aromatic rings. The van der Waals surface area contributed by atoms with Crippen LogP contribution in [0.2, 0.25) is 0 Å². The van der Waals surface area contributed by atoms with Gasteiger partial charge in [-0.05, 0) is 30.2 Å². The van der Waals surface area contributed by atoms with Crippen LogP contribution in [0.15, 0.2) is 28.8 Å². The van der Waals surface area contributed by atoms with Gasteiger partial charge in [-0.1, -0.05) is 11.2 Å². The topological polar surface area (TPSA) is 84.6 Å². The number of ether oxygens (including phenoxy) is 1. The van der Waals surface area contributed by atoms with Gasteiger partial charge in [0.05, 0.1) is 12.7 Å². The molecule has 2 N–H and O–H groups in total. The number of nitrogens with zero attached hydrogens (tertiary/aromatic N) is 1. The van der Waals surface area contributed by atoms with Crippen molar-refractivity contribution in [2.24, 2.45) is 0 Å². The summed E-state index contributed by atoms with van der Waals surface area (Å²) in [5.74, 6) is 1.07. The molecule has 21 heavy (non-hydrogen) atoms. The summed E-state index contributed by atoms with van der Waals surface area (Å²) in [5.41, 5.74) is 2.06. The highest BCUT2D eigenvalue weighted by atomic mass is 16.5. The Labute approximate surface area is 121 Å². The number of rotatable bonds is 4. The normalized spacial score (nSPS) is 14.4. The summed E-state index contributed by atoms with van der Waals surface area (Å²) in [6.07, 6.45) is 0.0772. The third-order valence-electron chi connectivity index (χ3n) is 3.41. The first-order chi connectivity index (χ1) is 10.1. The van der Waals surface area contributed by atoms with Crippen LogP contribution in [0.4, 0.5) is 0 Å². The van der Waals surface area contributed by atoms with E-state index in [4.69, 9.17) is 9.26 Å². The van der Waals surface area contributed by atoms with Crippen molar-refractivity contribution in [2.75, 3.05) is 13.2 Å². The molecule has 0 radical (unpaired) electrons. The minimum Gasteiger partial charge on any atom is -0.493 e. The third kappa shape index (κ3) is 2.90. The highest BCUT2D eigenvalue weighted by Gasteiger charge is 2.17. The molecule has 0 saturated carbocycles. The van der Waals surface area contributed by atoms with Crippen LogP contribution in [0.1, 0.15) is 33.5 Å². The largest absolute Gasteiger partial charge is 0.493 e. The quantitative estimate of drug-likeness (QED) is 0.888. The Balaban J connectivity index is 1.61. The zero-order valence-electron chi connectivity index (χ0n) is 11.6. The van der Waals surface area contributed by atoms with Crippen LogP contribution < -0.4 is 10.1 Å². The molecule has 0 spiro atoms. The van der Waals surface area contributed by atoms with Gasteiger partial charge in [-0.3, -0.25) is 4.79 Å². The number of amides is 1. The Morgan fingerprint density at radius 1 is 1.48 bits per heavy atom. The molecule has 0 unspecified atom stereocenters. The van der Waals surface area contributed by atoms with E-state index in [1.54, 1.807) is 19.1 Å². The molecular formula is C15H16N2O4. The van der Waals surface area contributed by atoms with E-state index in [1.165, 1.54) is 0 Å². The average molecular weight is 288 g/mol. The fourth-order valence-electron chi connectivity index (χ4n) is 2.28. The SMILES string of the molecule is Cc1cc(C(=O)NC[C@@H](O)c2ccc3c(c2)CCO3)no1. The van der Waals surface area contributed by atoms with Gasteiger partial charge in [0.2, 0.25) is 0 Å². The van der Waals surface area contributed by atoms with Crippen LogP contribution >= 0.6 is 0 Å². The zero-order valence-corrected chi connectivity index (χ0v) is 11.6.